The van der Waals surface area contributed by atoms with Gasteiger partial charge in [0.05, 0.1) is 26.9 Å². The second-order valence-corrected chi connectivity index (χ2v) is 4.73. The smallest absolute Gasteiger partial charge is 0.166 e. The van der Waals surface area contributed by atoms with Crippen molar-refractivity contribution in [2.45, 2.75) is 13.3 Å². The maximum atomic E-state index is 12.4. The van der Waals surface area contributed by atoms with Gasteiger partial charge in [0.15, 0.2) is 5.78 Å². The summed E-state index contributed by atoms with van der Waals surface area (Å²) in [7, 11) is 4.77. The predicted octanol–water partition coefficient (Wildman–Crippen LogP) is 3.97. The van der Waals surface area contributed by atoms with Crippen molar-refractivity contribution in [2.24, 2.45) is 0 Å². The van der Waals surface area contributed by atoms with Crippen molar-refractivity contribution in [1.29, 1.82) is 0 Å². The van der Waals surface area contributed by atoms with E-state index in [9.17, 15) is 4.79 Å². The number of carbonyl (C=O) groups excluding carboxylic acids is 1. The molecule has 0 saturated heterocycles. The maximum Gasteiger partial charge on any atom is 0.166 e. The number of Topliss-reactive ketones (excluding diaryl/α,β-unsaturated/α-hetero) is 1. The van der Waals surface area contributed by atoms with Crippen LogP contribution in [0, 0.1) is 0 Å². The molecule has 0 N–H and O–H groups in total. The summed E-state index contributed by atoms with van der Waals surface area (Å²) < 4.78 is 16.1. The Morgan fingerprint density at radius 2 is 1.64 bits per heavy atom. The highest BCUT2D eigenvalue weighted by Crippen LogP contribution is 2.38. The Morgan fingerprint density at radius 3 is 2.23 bits per heavy atom. The summed E-state index contributed by atoms with van der Waals surface area (Å²) in [5.41, 5.74) is 2.15. The third kappa shape index (κ3) is 2.91. The summed E-state index contributed by atoms with van der Waals surface area (Å²) in [6.45, 7) is 1.83. The lowest BCUT2D eigenvalue weighted by Gasteiger charge is -2.16. The van der Waals surface area contributed by atoms with E-state index in [0.717, 1.165) is 11.1 Å². The Labute approximate surface area is 130 Å². The average Bonchev–Trinajstić information content (AvgIpc) is 2.59. The first-order chi connectivity index (χ1) is 10.7. The van der Waals surface area contributed by atoms with E-state index >= 15 is 0 Å². The van der Waals surface area contributed by atoms with Crippen LogP contribution in [0.5, 0.6) is 17.2 Å². The molecule has 0 unspecified atom stereocenters. The van der Waals surface area contributed by atoms with Gasteiger partial charge in [-0.25, -0.2) is 0 Å². The van der Waals surface area contributed by atoms with Gasteiger partial charge in [-0.15, -0.1) is 0 Å². The first kappa shape index (κ1) is 15.9. The molecule has 2 aromatic carbocycles. The van der Waals surface area contributed by atoms with Crippen molar-refractivity contribution in [3.8, 4) is 28.4 Å². The molecule has 0 aliphatic heterocycles. The molecular formula is C18H20O4. The third-order valence-corrected chi connectivity index (χ3v) is 3.54. The Morgan fingerprint density at radius 1 is 0.909 bits per heavy atom. The highest BCUT2D eigenvalue weighted by atomic mass is 16.5. The van der Waals surface area contributed by atoms with Gasteiger partial charge in [0, 0.05) is 17.5 Å². The molecule has 0 amide bonds. The molecule has 0 aliphatic rings. The summed E-state index contributed by atoms with van der Waals surface area (Å²) in [5.74, 6) is 1.97. The van der Waals surface area contributed by atoms with E-state index in [0.29, 0.717) is 29.2 Å². The lowest BCUT2D eigenvalue weighted by atomic mass is 9.94. The summed E-state index contributed by atoms with van der Waals surface area (Å²) >= 11 is 0. The number of carbonyl (C=O) groups is 1. The van der Waals surface area contributed by atoms with Crippen molar-refractivity contribution in [3.05, 3.63) is 42.0 Å². The van der Waals surface area contributed by atoms with Gasteiger partial charge < -0.3 is 14.2 Å². The van der Waals surface area contributed by atoms with E-state index in [-0.39, 0.29) is 5.78 Å². The number of methoxy groups -OCH3 is 3. The number of ether oxygens (including phenoxy) is 3. The van der Waals surface area contributed by atoms with Crippen LogP contribution in [0.2, 0.25) is 0 Å². The van der Waals surface area contributed by atoms with Crippen LogP contribution in [0.1, 0.15) is 23.7 Å². The van der Waals surface area contributed by atoms with Crippen molar-refractivity contribution >= 4 is 5.78 Å². The standard InChI is InChI=1S/C18H20O4/c1-5-15(19)18-13(7-6-8-17(18)22-4)14-11-12(20-2)9-10-16(14)21-3/h6-11H,5H2,1-4H3. The molecule has 116 valence electrons. The molecule has 0 bridgehead atoms. The quantitative estimate of drug-likeness (QED) is 0.757. The Kier molecular flexibility index (Phi) is 5.04. The molecular weight excluding hydrogens is 280 g/mol. The monoisotopic (exact) mass is 300 g/mol. The number of hydrogen-bond acceptors (Lipinski definition) is 4. The van der Waals surface area contributed by atoms with Crippen LogP contribution in [0.25, 0.3) is 11.1 Å². The second-order valence-electron chi connectivity index (χ2n) is 4.73. The minimum atomic E-state index is 0.0253. The van der Waals surface area contributed by atoms with Crippen LogP contribution >= 0.6 is 0 Å². The molecule has 0 aliphatic carbocycles. The van der Waals surface area contributed by atoms with E-state index in [2.05, 4.69) is 0 Å². The van der Waals surface area contributed by atoms with Crippen LogP contribution in [0.4, 0.5) is 0 Å². The lowest BCUT2D eigenvalue weighted by molar-refractivity contribution is 0.0986. The first-order valence-corrected chi connectivity index (χ1v) is 7.08. The average molecular weight is 300 g/mol. The predicted molar refractivity (Wildman–Crippen MR) is 86.2 cm³/mol. The topological polar surface area (TPSA) is 44.8 Å². The van der Waals surface area contributed by atoms with Crippen LogP contribution < -0.4 is 14.2 Å². The van der Waals surface area contributed by atoms with Gasteiger partial charge in [-0.1, -0.05) is 19.1 Å². The van der Waals surface area contributed by atoms with Crippen LogP contribution in [-0.2, 0) is 0 Å². The van der Waals surface area contributed by atoms with Crippen molar-refractivity contribution in [3.63, 3.8) is 0 Å². The number of ketones is 1. The summed E-state index contributed by atoms with van der Waals surface area (Å²) in [6.07, 6.45) is 0.402. The fourth-order valence-electron chi connectivity index (χ4n) is 2.41. The molecule has 0 heterocycles. The molecule has 4 nitrogen and oxygen atoms in total. The van der Waals surface area contributed by atoms with E-state index in [4.69, 9.17) is 14.2 Å². The second kappa shape index (κ2) is 6.98. The molecule has 0 aromatic heterocycles. The molecule has 0 radical (unpaired) electrons. The van der Waals surface area contributed by atoms with Gasteiger partial charge in [0.25, 0.3) is 0 Å². The Hall–Kier alpha value is -2.49. The Bertz CT molecular complexity index is 677. The molecule has 2 rings (SSSR count). The molecule has 0 saturated carbocycles. The van der Waals surface area contributed by atoms with Crippen LogP contribution in [-0.4, -0.2) is 27.1 Å². The van der Waals surface area contributed by atoms with Crippen molar-refractivity contribution < 1.29 is 19.0 Å². The molecule has 0 spiro atoms. The van der Waals surface area contributed by atoms with Crippen molar-refractivity contribution in [1.82, 2.24) is 0 Å². The van der Waals surface area contributed by atoms with Gasteiger partial charge in [0.2, 0.25) is 0 Å². The van der Waals surface area contributed by atoms with E-state index < -0.39 is 0 Å². The highest BCUT2D eigenvalue weighted by molar-refractivity contribution is 6.05. The zero-order valence-corrected chi connectivity index (χ0v) is 13.3. The van der Waals surface area contributed by atoms with Gasteiger partial charge in [0.1, 0.15) is 17.2 Å². The van der Waals surface area contributed by atoms with E-state index in [1.165, 1.54) is 0 Å². The molecule has 22 heavy (non-hydrogen) atoms. The van der Waals surface area contributed by atoms with Gasteiger partial charge in [-0.05, 0) is 24.3 Å². The van der Waals surface area contributed by atoms with Gasteiger partial charge in [-0.2, -0.15) is 0 Å². The summed E-state index contributed by atoms with van der Waals surface area (Å²) in [4.78, 5) is 12.4. The fraction of sp³-hybridized carbons (Fsp3) is 0.278. The zero-order chi connectivity index (χ0) is 16.1. The van der Waals surface area contributed by atoms with Crippen LogP contribution in [0.15, 0.2) is 36.4 Å². The summed E-state index contributed by atoms with van der Waals surface area (Å²) in [5, 5.41) is 0. The third-order valence-electron chi connectivity index (χ3n) is 3.54. The summed E-state index contributed by atoms with van der Waals surface area (Å²) in [6, 6.07) is 11.1. The highest BCUT2D eigenvalue weighted by Gasteiger charge is 2.19. The SMILES string of the molecule is CCC(=O)c1c(OC)cccc1-c1cc(OC)ccc1OC. The molecule has 2 aromatic rings. The van der Waals surface area contributed by atoms with Gasteiger partial charge >= 0.3 is 0 Å². The van der Waals surface area contributed by atoms with Crippen molar-refractivity contribution in [2.75, 3.05) is 21.3 Å². The molecule has 4 heteroatoms. The number of hydrogen-bond donors (Lipinski definition) is 0. The fourth-order valence-corrected chi connectivity index (χ4v) is 2.41. The minimum Gasteiger partial charge on any atom is -0.497 e. The maximum absolute atomic E-state index is 12.4. The largest absolute Gasteiger partial charge is 0.497 e. The number of rotatable bonds is 6. The van der Waals surface area contributed by atoms with E-state index in [1.54, 1.807) is 27.4 Å². The first-order valence-electron chi connectivity index (χ1n) is 7.08. The minimum absolute atomic E-state index is 0.0253. The molecule has 0 atom stereocenters. The molecule has 0 fully saturated rings. The Balaban J connectivity index is 2.74. The van der Waals surface area contributed by atoms with E-state index in [1.807, 2.05) is 37.3 Å². The van der Waals surface area contributed by atoms with Crippen LogP contribution in [0.3, 0.4) is 0 Å². The zero-order valence-electron chi connectivity index (χ0n) is 13.3. The normalized spacial score (nSPS) is 10.2. The van der Waals surface area contributed by atoms with Gasteiger partial charge in [-0.3, -0.25) is 4.79 Å². The lowest BCUT2D eigenvalue weighted by Crippen LogP contribution is -2.04. The number of benzene rings is 2.